The van der Waals surface area contributed by atoms with Gasteiger partial charge < -0.3 is 20.1 Å². The van der Waals surface area contributed by atoms with Gasteiger partial charge >= 0.3 is 0 Å². The standard InChI is InChI=1S/C19H19N3O4/c1-12-5-4-6-14(18(12)19(24)21-2)22-17(23)11-26-15-8-7-13(10-20)9-16(15)25-3/h4-9H,11H2,1-3H3,(H,21,24)(H,22,23). The molecule has 2 amide bonds. The van der Waals surface area contributed by atoms with Crippen LogP contribution in [0.5, 0.6) is 11.5 Å². The summed E-state index contributed by atoms with van der Waals surface area (Å²) in [6.45, 7) is 1.52. The Bertz CT molecular complexity index is 872. The number of amides is 2. The fourth-order valence-electron chi connectivity index (χ4n) is 2.38. The van der Waals surface area contributed by atoms with Crippen molar-refractivity contribution in [2.75, 3.05) is 26.1 Å². The molecule has 0 radical (unpaired) electrons. The Balaban J connectivity index is 2.10. The minimum absolute atomic E-state index is 0.274. The molecule has 2 aromatic carbocycles. The minimum atomic E-state index is -0.424. The molecule has 0 aliphatic carbocycles. The number of ether oxygens (including phenoxy) is 2. The fourth-order valence-corrected chi connectivity index (χ4v) is 2.38. The van der Waals surface area contributed by atoms with Gasteiger partial charge in [-0.2, -0.15) is 5.26 Å². The van der Waals surface area contributed by atoms with Crippen LogP contribution in [-0.4, -0.2) is 32.6 Å². The van der Waals surface area contributed by atoms with E-state index >= 15 is 0 Å². The van der Waals surface area contributed by atoms with Crippen molar-refractivity contribution in [3.05, 3.63) is 53.1 Å². The number of methoxy groups -OCH3 is 1. The summed E-state index contributed by atoms with van der Waals surface area (Å²) in [5.74, 6) is -0.00359. The minimum Gasteiger partial charge on any atom is -0.493 e. The molecule has 0 spiro atoms. The van der Waals surface area contributed by atoms with E-state index in [0.717, 1.165) is 5.56 Å². The van der Waals surface area contributed by atoms with E-state index in [2.05, 4.69) is 10.6 Å². The van der Waals surface area contributed by atoms with Crippen molar-refractivity contribution in [1.29, 1.82) is 5.26 Å². The molecule has 0 heterocycles. The summed E-state index contributed by atoms with van der Waals surface area (Å²) >= 11 is 0. The molecule has 0 saturated carbocycles. The fraction of sp³-hybridized carbons (Fsp3) is 0.211. The Hall–Kier alpha value is -3.53. The molecule has 2 N–H and O–H groups in total. The number of carbonyl (C=O) groups is 2. The van der Waals surface area contributed by atoms with Gasteiger partial charge in [0.25, 0.3) is 11.8 Å². The molecule has 0 aliphatic heterocycles. The molecule has 0 aliphatic rings. The Kier molecular flexibility index (Phi) is 6.17. The highest BCUT2D eigenvalue weighted by atomic mass is 16.5. The summed E-state index contributed by atoms with van der Waals surface area (Å²) < 4.78 is 10.6. The Morgan fingerprint density at radius 3 is 2.62 bits per heavy atom. The van der Waals surface area contributed by atoms with Crippen LogP contribution in [0.1, 0.15) is 21.5 Å². The third-order valence-electron chi connectivity index (χ3n) is 3.65. The molecule has 0 bridgehead atoms. The van der Waals surface area contributed by atoms with E-state index < -0.39 is 5.91 Å². The van der Waals surface area contributed by atoms with Crippen molar-refractivity contribution in [3.8, 4) is 17.6 Å². The lowest BCUT2D eigenvalue weighted by atomic mass is 10.1. The number of carbonyl (C=O) groups excluding carboxylic acids is 2. The number of nitrogens with zero attached hydrogens (tertiary/aromatic N) is 1. The van der Waals surface area contributed by atoms with E-state index in [4.69, 9.17) is 14.7 Å². The molecular formula is C19H19N3O4. The molecule has 0 atom stereocenters. The number of anilines is 1. The average molecular weight is 353 g/mol. The normalized spacial score (nSPS) is 9.77. The second kappa shape index (κ2) is 8.53. The third-order valence-corrected chi connectivity index (χ3v) is 3.65. The molecule has 0 unspecified atom stereocenters. The van der Waals surface area contributed by atoms with Crippen LogP contribution in [0.15, 0.2) is 36.4 Å². The van der Waals surface area contributed by atoms with Crippen LogP contribution in [0.2, 0.25) is 0 Å². The second-order valence-electron chi connectivity index (χ2n) is 5.39. The average Bonchev–Trinajstić information content (AvgIpc) is 2.65. The van der Waals surface area contributed by atoms with Crippen LogP contribution in [0.25, 0.3) is 0 Å². The predicted octanol–water partition coefficient (Wildman–Crippen LogP) is 2.25. The van der Waals surface area contributed by atoms with Gasteiger partial charge in [0.15, 0.2) is 18.1 Å². The quantitative estimate of drug-likeness (QED) is 0.829. The maximum atomic E-state index is 12.2. The van der Waals surface area contributed by atoms with Crippen LogP contribution in [-0.2, 0) is 4.79 Å². The number of rotatable bonds is 6. The zero-order valence-electron chi connectivity index (χ0n) is 14.8. The maximum Gasteiger partial charge on any atom is 0.262 e. The molecule has 7 heteroatoms. The van der Waals surface area contributed by atoms with Gasteiger partial charge in [0.05, 0.1) is 30.0 Å². The van der Waals surface area contributed by atoms with Crippen LogP contribution >= 0.6 is 0 Å². The van der Waals surface area contributed by atoms with Crippen molar-refractivity contribution in [1.82, 2.24) is 5.32 Å². The number of nitriles is 1. The van der Waals surface area contributed by atoms with Crippen LogP contribution in [0.3, 0.4) is 0 Å². The molecule has 2 rings (SSSR count). The van der Waals surface area contributed by atoms with Gasteiger partial charge in [-0.25, -0.2) is 0 Å². The Morgan fingerprint density at radius 2 is 1.96 bits per heavy atom. The molecule has 0 fully saturated rings. The van der Waals surface area contributed by atoms with E-state index in [0.29, 0.717) is 28.3 Å². The Morgan fingerprint density at radius 1 is 1.19 bits per heavy atom. The first kappa shape index (κ1) is 18.8. The van der Waals surface area contributed by atoms with Crippen molar-refractivity contribution in [2.45, 2.75) is 6.92 Å². The summed E-state index contributed by atoms with van der Waals surface area (Å²) in [7, 11) is 2.98. The molecule has 26 heavy (non-hydrogen) atoms. The van der Waals surface area contributed by atoms with E-state index in [1.807, 2.05) is 6.07 Å². The molecular weight excluding hydrogens is 334 g/mol. The maximum absolute atomic E-state index is 12.2. The van der Waals surface area contributed by atoms with Gasteiger partial charge in [-0.1, -0.05) is 12.1 Å². The van der Waals surface area contributed by atoms with Crippen molar-refractivity contribution >= 4 is 17.5 Å². The monoisotopic (exact) mass is 353 g/mol. The molecule has 0 aromatic heterocycles. The van der Waals surface area contributed by atoms with E-state index in [1.54, 1.807) is 37.3 Å². The SMILES string of the molecule is CNC(=O)c1c(C)cccc1NC(=O)COc1ccc(C#N)cc1OC. The topological polar surface area (TPSA) is 100 Å². The van der Waals surface area contributed by atoms with Gasteiger partial charge in [-0.15, -0.1) is 0 Å². The largest absolute Gasteiger partial charge is 0.493 e. The van der Waals surface area contributed by atoms with Gasteiger partial charge in [0.2, 0.25) is 0 Å². The van der Waals surface area contributed by atoms with Crippen LogP contribution in [0.4, 0.5) is 5.69 Å². The molecule has 0 saturated heterocycles. The van der Waals surface area contributed by atoms with Crippen LogP contribution in [0, 0.1) is 18.3 Å². The summed E-state index contributed by atoms with van der Waals surface area (Å²) in [5, 5.41) is 14.1. The zero-order chi connectivity index (χ0) is 19.1. The van der Waals surface area contributed by atoms with E-state index in [-0.39, 0.29) is 12.5 Å². The van der Waals surface area contributed by atoms with Crippen molar-refractivity contribution in [3.63, 3.8) is 0 Å². The highest BCUT2D eigenvalue weighted by Crippen LogP contribution is 2.28. The number of hydrogen-bond acceptors (Lipinski definition) is 5. The van der Waals surface area contributed by atoms with Gasteiger partial charge in [-0.3, -0.25) is 9.59 Å². The van der Waals surface area contributed by atoms with Crippen LogP contribution < -0.4 is 20.1 Å². The predicted molar refractivity (Wildman–Crippen MR) is 96.4 cm³/mol. The summed E-state index contributed by atoms with van der Waals surface area (Å²) in [6, 6.07) is 11.9. The summed E-state index contributed by atoms with van der Waals surface area (Å²) in [6.07, 6.45) is 0. The molecule has 134 valence electrons. The first-order valence-electron chi connectivity index (χ1n) is 7.82. The van der Waals surface area contributed by atoms with Gasteiger partial charge in [0.1, 0.15) is 0 Å². The van der Waals surface area contributed by atoms with E-state index in [1.165, 1.54) is 20.2 Å². The van der Waals surface area contributed by atoms with Gasteiger partial charge in [0, 0.05) is 13.1 Å². The number of nitrogens with one attached hydrogen (secondary N) is 2. The highest BCUT2D eigenvalue weighted by Gasteiger charge is 2.15. The lowest BCUT2D eigenvalue weighted by molar-refractivity contribution is -0.118. The lowest BCUT2D eigenvalue weighted by Gasteiger charge is -2.14. The van der Waals surface area contributed by atoms with Gasteiger partial charge in [-0.05, 0) is 30.7 Å². The number of benzene rings is 2. The molecule has 2 aromatic rings. The third kappa shape index (κ3) is 4.30. The smallest absolute Gasteiger partial charge is 0.262 e. The van der Waals surface area contributed by atoms with E-state index in [9.17, 15) is 9.59 Å². The van der Waals surface area contributed by atoms with Crippen molar-refractivity contribution in [2.24, 2.45) is 0 Å². The molecule has 7 nitrogen and oxygen atoms in total. The number of aryl methyl sites for hydroxylation is 1. The van der Waals surface area contributed by atoms with Crippen molar-refractivity contribution < 1.29 is 19.1 Å². The summed E-state index contributed by atoms with van der Waals surface area (Å²) in [4.78, 5) is 24.2. The Labute approximate surface area is 151 Å². The number of hydrogen-bond donors (Lipinski definition) is 2. The summed E-state index contributed by atoms with van der Waals surface area (Å²) in [5.41, 5.74) is 1.98. The highest BCUT2D eigenvalue weighted by molar-refractivity contribution is 6.05. The first-order chi connectivity index (χ1) is 12.5. The first-order valence-corrected chi connectivity index (χ1v) is 7.82. The second-order valence-corrected chi connectivity index (χ2v) is 5.39. The lowest BCUT2D eigenvalue weighted by Crippen LogP contribution is -2.25. The zero-order valence-corrected chi connectivity index (χ0v) is 14.8.